The lowest BCUT2D eigenvalue weighted by atomic mass is 10.2. The molecule has 0 heterocycles. The van der Waals surface area contributed by atoms with Crippen LogP contribution in [0.15, 0.2) is 29.2 Å². The highest BCUT2D eigenvalue weighted by Gasteiger charge is 2.28. The summed E-state index contributed by atoms with van der Waals surface area (Å²) in [6, 6.07) is 5.32. The van der Waals surface area contributed by atoms with Gasteiger partial charge in [-0.2, -0.15) is 0 Å². The summed E-state index contributed by atoms with van der Waals surface area (Å²) in [6.45, 7) is 0.274. The first-order valence-electron chi connectivity index (χ1n) is 6.04. The number of hydrogen-bond donors (Lipinski definition) is 0. The molecular formula is C13H16N2O4S. The van der Waals surface area contributed by atoms with Crippen molar-refractivity contribution < 1.29 is 13.3 Å². The van der Waals surface area contributed by atoms with Gasteiger partial charge >= 0.3 is 0 Å². The molecule has 0 amide bonds. The topological polar surface area (TPSA) is 80.5 Å². The Morgan fingerprint density at radius 1 is 1.35 bits per heavy atom. The molecule has 0 aromatic heterocycles. The Bertz CT molecular complexity index is 620. The van der Waals surface area contributed by atoms with E-state index >= 15 is 0 Å². The Labute approximate surface area is 118 Å². The second-order valence-electron chi connectivity index (χ2n) is 4.21. The fourth-order valence-electron chi connectivity index (χ4n) is 1.68. The van der Waals surface area contributed by atoms with Crippen molar-refractivity contribution in [1.29, 1.82) is 0 Å². The third-order valence-corrected chi connectivity index (χ3v) is 4.70. The Balaban J connectivity index is 2.94. The predicted molar refractivity (Wildman–Crippen MR) is 75.6 cm³/mol. The van der Waals surface area contributed by atoms with Crippen LogP contribution >= 0.6 is 0 Å². The minimum absolute atomic E-state index is 0.274. The average molecular weight is 296 g/mol. The normalized spacial score (nSPS) is 11.2. The van der Waals surface area contributed by atoms with Gasteiger partial charge in [0.2, 0.25) is 10.0 Å². The fourth-order valence-corrected chi connectivity index (χ4v) is 3.04. The molecule has 0 saturated heterocycles. The van der Waals surface area contributed by atoms with E-state index in [9.17, 15) is 18.5 Å². The van der Waals surface area contributed by atoms with Crippen LogP contribution in [-0.4, -0.2) is 31.2 Å². The molecule has 0 N–H and O–H groups in total. The lowest BCUT2D eigenvalue weighted by Gasteiger charge is -2.16. The molecule has 0 saturated carbocycles. The summed E-state index contributed by atoms with van der Waals surface area (Å²) in [6.07, 6.45) is 7.03. The van der Waals surface area contributed by atoms with Gasteiger partial charge in [0.05, 0.1) is 4.92 Å². The fraction of sp³-hybridized carbons (Fsp3) is 0.385. The maximum absolute atomic E-state index is 12.3. The minimum atomic E-state index is -3.86. The van der Waals surface area contributed by atoms with Gasteiger partial charge in [0.25, 0.3) is 5.69 Å². The monoisotopic (exact) mass is 296 g/mol. The van der Waals surface area contributed by atoms with Crippen molar-refractivity contribution >= 4 is 15.7 Å². The van der Waals surface area contributed by atoms with Gasteiger partial charge in [-0.1, -0.05) is 12.1 Å². The average Bonchev–Trinajstić information content (AvgIpc) is 2.43. The molecule has 0 atom stereocenters. The largest absolute Gasteiger partial charge is 0.289 e. The van der Waals surface area contributed by atoms with Gasteiger partial charge < -0.3 is 0 Å². The zero-order chi connectivity index (χ0) is 15.2. The van der Waals surface area contributed by atoms with E-state index in [0.29, 0.717) is 19.3 Å². The van der Waals surface area contributed by atoms with E-state index in [1.807, 2.05) is 0 Å². The Morgan fingerprint density at radius 3 is 2.60 bits per heavy atom. The number of hydrogen-bond acceptors (Lipinski definition) is 4. The number of unbranched alkanes of at least 4 members (excludes halogenated alkanes) is 2. The van der Waals surface area contributed by atoms with E-state index in [1.165, 1.54) is 31.3 Å². The number of para-hydroxylation sites is 1. The minimum Gasteiger partial charge on any atom is -0.258 e. The summed E-state index contributed by atoms with van der Waals surface area (Å²) < 4.78 is 25.7. The van der Waals surface area contributed by atoms with Crippen molar-refractivity contribution in [1.82, 2.24) is 4.31 Å². The highest BCUT2D eigenvalue weighted by atomic mass is 32.2. The molecule has 0 radical (unpaired) electrons. The van der Waals surface area contributed by atoms with E-state index in [-0.39, 0.29) is 11.4 Å². The van der Waals surface area contributed by atoms with Crippen molar-refractivity contribution in [3.8, 4) is 12.3 Å². The molecule has 108 valence electrons. The van der Waals surface area contributed by atoms with Crippen LogP contribution < -0.4 is 0 Å². The summed E-state index contributed by atoms with van der Waals surface area (Å²) in [5.74, 6) is 2.48. The number of nitro benzene ring substituents is 1. The molecule has 6 nitrogen and oxygen atoms in total. The van der Waals surface area contributed by atoms with Crippen LogP contribution in [0.5, 0.6) is 0 Å². The first-order valence-corrected chi connectivity index (χ1v) is 7.48. The van der Waals surface area contributed by atoms with Crippen molar-refractivity contribution in [2.45, 2.75) is 24.2 Å². The maximum Gasteiger partial charge on any atom is 0.289 e. The molecule has 20 heavy (non-hydrogen) atoms. The Kier molecular flexibility index (Phi) is 5.67. The second-order valence-corrected chi connectivity index (χ2v) is 6.23. The van der Waals surface area contributed by atoms with Crippen LogP contribution in [-0.2, 0) is 10.0 Å². The highest BCUT2D eigenvalue weighted by Crippen LogP contribution is 2.25. The Hall–Kier alpha value is -1.91. The molecule has 0 aliphatic carbocycles. The van der Waals surface area contributed by atoms with Crippen LogP contribution in [0.3, 0.4) is 0 Å². The molecule has 0 aliphatic heterocycles. The van der Waals surface area contributed by atoms with Crippen LogP contribution in [0, 0.1) is 22.5 Å². The van der Waals surface area contributed by atoms with Gasteiger partial charge in [0.15, 0.2) is 4.90 Å². The molecule has 1 aromatic rings. The van der Waals surface area contributed by atoms with Gasteiger partial charge in [-0.3, -0.25) is 10.1 Å². The second kappa shape index (κ2) is 7.03. The van der Waals surface area contributed by atoms with E-state index in [2.05, 4.69) is 5.92 Å². The van der Waals surface area contributed by atoms with Crippen molar-refractivity contribution in [3.63, 3.8) is 0 Å². The SMILES string of the molecule is C#CCCCCN(C)S(=O)(=O)c1ccccc1[N+](=O)[O-]. The highest BCUT2D eigenvalue weighted by molar-refractivity contribution is 7.89. The quantitative estimate of drug-likeness (QED) is 0.334. The summed E-state index contributed by atoms with van der Waals surface area (Å²) in [5, 5.41) is 10.9. The standard InChI is InChI=1S/C13H16N2O4S/c1-3-4-5-8-11-14(2)20(18,19)13-10-7-6-9-12(13)15(16)17/h1,6-7,9-10H,4-5,8,11H2,2H3. The summed E-state index contributed by atoms with van der Waals surface area (Å²) >= 11 is 0. The third kappa shape index (κ3) is 3.79. The van der Waals surface area contributed by atoms with E-state index in [4.69, 9.17) is 6.42 Å². The van der Waals surface area contributed by atoms with Gasteiger partial charge in [-0.15, -0.1) is 12.3 Å². The number of terminal acetylenes is 1. The zero-order valence-electron chi connectivity index (χ0n) is 11.2. The molecular weight excluding hydrogens is 280 g/mol. The third-order valence-electron chi connectivity index (χ3n) is 2.79. The molecule has 0 unspecified atom stereocenters. The van der Waals surface area contributed by atoms with E-state index in [0.717, 1.165) is 4.31 Å². The molecule has 0 fully saturated rings. The van der Waals surface area contributed by atoms with Crippen LogP contribution in [0.1, 0.15) is 19.3 Å². The number of nitro groups is 1. The first kappa shape index (κ1) is 16.1. The maximum atomic E-state index is 12.3. The van der Waals surface area contributed by atoms with E-state index < -0.39 is 20.6 Å². The lowest BCUT2D eigenvalue weighted by Crippen LogP contribution is -2.28. The van der Waals surface area contributed by atoms with Crippen LogP contribution in [0.2, 0.25) is 0 Å². The predicted octanol–water partition coefficient (Wildman–Crippen LogP) is 2.02. The van der Waals surface area contributed by atoms with Crippen LogP contribution in [0.4, 0.5) is 5.69 Å². The van der Waals surface area contributed by atoms with Gasteiger partial charge in [0.1, 0.15) is 0 Å². The number of nitrogens with zero attached hydrogens (tertiary/aromatic N) is 2. The van der Waals surface area contributed by atoms with Crippen LogP contribution in [0.25, 0.3) is 0 Å². The molecule has 1 aromatic carbocycles. The van der Waals surface area contributed by atoms with Crippen molar-refractivity contribution in [2.24, 2.45) is 0 Å². The number of sulfonamides is 1. The van der Waals surface area contributed by atoms with Gasteiger partial charge in [-0.05, 0) is 18.9 Å². The Morgan fingerprint density at radius 2 is 2.00 bits per heavy atom. The zero-order valence-corrected chi connectivity index (χ0v) is 12.0. The van der Waals surface area contributed by atoms with E-state index in [1.54, 1.807) is 0 Å². The first-order chi connectivity index (χ1) is 9.41. The molecule has 0 spiro atoms. The molecule has 0 bridgehead atoms. The van der Waals surface area contributed by atoms with Crippen molar-refractivity contribution in [2.75, 3.05) is 13.6 Å². The molecule has 1 rings (SSSR count). The smallest absolute Gasteiger partial charge is 0.258 e. The number of rotatable bonds is 7. The summed E-state index contributed by atoms with van der Waals surface area (Å²) in [4.78, 5) is 9.91. The lowest BCUT2D eigenvalue weighted by molar-refractivity contribution is -0.387. The van der Waals surface area contributed by atoms with Crippen molar-refractivity contribution in [3.05, 3.63) is 34.4 Å². The molecule has 0 aliphatic rings. The van der Waals surface area contributed by atoms with Gasteiger partial charge in [0, 0.05) is 26.1 Å². The summed E-state index contributed by atoms with van der Waals surface area (Å²) in [7, 11) is -2.46. The number of benzene rings is 1. The summed E-state index contributed by atoms with van der Waals surface area (Å²) in [5.41, 5.74) is -0.414. The van der Waals surface area contributed by atoms with Gasteiger partial charge in [-0.25, -0.2) is 12.7 Å². The molecule has 7 heteroatoms.